The summed E-state index contributed by atoms with van der Waals surface area (Å²) in [7, 11) is 0. The van der Waals surface area contributed by atoms with E-state index in [9.17, 15) is 28.1 Å². The average molecular weight is 403 g/mol. The molecule has 3 aromatic rings. The molecule has 11 heteroatoms. The first-order chi connectivity index (χ1) is 13.8. The quantitative estimate of drug-likeness (QED) is 0.396. The summed E-state index contributed by atoms with van der Waals surface area (Å²) < 4.78 is 40.3. The molecule has 0 saturated carbocycles. The number of benzene rings is 2. The van der Waals surface area contributed by atoms with E-state index in [1.165, 1.54) is 41.6 Å². The van der Waals surface area contributed by atoms with Gasteiger partial charge in [0.25, 0.3) is 5.69 Å². The van der Waals surface area contributed by atoms with E-state index in [4.69, 9.17) is 0 Å². The van der Waals surface area contributed by atoms with Gasteiger partial charge in [-0.2, -0.15) is 18.3 Å². The second-order valence-electron chi connectivity index (χ2n) is 5.71. The van der Waals surface area contributed by atoms with Crippen LogP contribution in [0.15, 0.2) is 61.2 Å². The van der Waals surface area contributed by atoms with Crippen molar-refractivity contribution >= 4 is 23.4 Å². The highest BCUT2D eigenvalue weighted by Gasteiger charge is 2.31. The fourth-order valence-electron chi connectivity index (χ4n) is 2.48. The summed E-state index contributed by atoms with van der Waals surface area (Å²) in [6, 6.07) is 8.52. The molecule has 0 bridgehead atoms. The second kappa shape index (κ2) is 7.92. The van der Waals surface area contributed by atoms with Gasteiger partial charge in [0, 0.05) is 12.1 Å². The number of hydrogen-bond acceptors (Lipinski definition) is 5. The van der Waals surface area contributed by atoms with Crippen molar-refractivity contribution in [3.63, 3.8) is 0 Å². The number of nitro groups is 1. The number of alkyl halides is 3. The molecule has 0 aliphatic rings. The molecular weight excluding hydrogens is 391 g/mol. The van der Waals surface area contributed by atoms with Crippen LogP contribution in [0.25, 0.3) is 11.8 Å². The Morgan fingerprint density at radius 3 is 2.62 bits per heavy atom. The summed E-state index contributed by atoms with van der Waals surface area (Å²) >= 11 is 0. The molecule has 0 radical (unpaired) electrons. The molecule has 0 unspecified atom stereocenters. The Hall–Kier alpha value is -4.02. The fourth-order valence-corrected chi connectivity index (χ4v) is 2.48. The predicted molar refractivity (Wildman–Crippen MR) is 97.1 cm³/mol. The molecule has 1 amide bonds. The van der Waals surface area contributed by atoms with E-state index < -0.39 is 22.6 Å². The van der Waals surface area contributed by atoms with Gasteiger partial charge in [0.05, 0.1) is 27.4 Å². The molecule has 2 aromatic carbocycles. The number of anilines is 1. The maximum absolute atomic E-state index is 13.0. The number of rotatable bonds is 5. The van der Waals surface area contributed by atoms with Gasteiger partial charge in [-0.05, 0) is 30.3 Å². The topological polar surface area (TPSA) is 103 Å². The van der Waals surface area contributed by atoms with Crippen LogP contribution >= 0.6 is 0 Å². The number of nitro benzene ring substituents is 1. The minimum atomic E-state index is -4.61. The fraction of sp³-hybridized carbons (Fsp3) is 0.0556. The van der Waals surface area contributed by atoms with Crippen molar-refractivity contribution in [3.05, 3.63) is 82.4 Å². The number of aromatic nitrogens is 3. The Bertz CT molecular complexity index is 1080. The first kappa shape index (κ1) is 19.7. The van der Waals surface area contributed by atoms with Crippen molar-refractivity contribution < 1.29 is 22.9 Å². The zero-order chi connectivity index (χ0) is 21.0. The van der Waals surface area contributed by atoms with Gasteiger partial charge in [0.1, 0.15) is 12.7 Å². The zero-order valence-corrected chi connectivity index (χ0v) is 14.5. The summed E-state index contributed by atoms with van der Waals surface area (Å²) in [6.45, 7) is 0. The van der Waals surface area contributed by atoms with Gasteiger partial charge in [-0.15, -0.1) is 0 Å². The molecule has 0 fully saturated rings. The summed E-state index contributed by atoms with van der Waals surface area (Å²) in [4.78, 5) is 26.4. The monoisotopic (exact) mass is 403 g/mol. The number of hydrogen-bond donors (Lipinski definition) is 1. The van der Waals surface area contributed by atoms with Crippen LogP contribution in [-0.4, -0.2) is 25.6 Å². The van der Waals surface area contributed by atoms with Crippen LogP contribution in [-0.2, 0) is 11.0 Å². The van der Waals surface area contributed by atoms with Crippen molar-refractivity contribution in [2.45, 2.75) is 6.18 Å². The molecule has 1 N–H and O–H groups in total. The highest BCUT2D eigenvalue weighted by Crippen LogP contribution is 2.33. The lowest BCUT2D eigenvalue weighted by Gasteiger charge is -2.13. The number of para-hydroxylation sites is 1. The third-order valence-electron chi connectivity index (χ3n) is 3.80. The Morgan fingerprint density at radius 2 is 1.97 bits per heavy atom. The third-order valence-corrected chi connectivity index (χ3v) is 3.80. The number of halogens is 3. The van der Waals surface area contributed by atoms with E-state index in [2.05, 4.69) is 15.4 Å². The zero-order valence-electron chi connectivity index (χ0n) is 14.5. The molecular formula is C18H12F3N5O3. The first-order valence-corrected chi connectivity index (χ1v) is 8.04. The van der Waals surface area contributed by atoms with Crippen LogP contribution in [0.4, 0.5) is 24.5 Å². The van der Waals surface area contributed by atoms with Crippen molar-refractivity contribution in [2.24, 2.45) is 0 Å². The molecule has 29 heavy (non-hydrogen) atoms. The van der Waals surface area contributed by atoms with E-state index in [-0.39, 0.29) is 22.6 Å². The van der Waals surface area contributed by atoms with E-state index >= 15 is 0 Å². The predicted octanol–water partition coefficient (Wildman–Crippen LogP) is 3.85. The number of nitrogens with one attached hydrogen (secondary N) is 1. The SMILES string of the molecule is O=C(/C=C/c1ccccc1[N+](=O)[O-])Nc1cc(C(F)(F)F)ccc1-n1cncn1. The van der Waals surface area contributed by atoms with E-state index in [0.717, 1.165) is 24.3 Å². The second-order valence-corrected chi connectivity index (χ2v) is 5.71. The van der Waals surface area contributed by atoms with Crippen molar-refractivity contribution in [3.8, 4) is 5.69 Å². The van der Waals surface area contributed by atoms with E-state index in [1.807, 2.05) is 0 Å². The number of carbonyl (C=O) groups excluding carboxylic acids is 1. The average Bonchev–Trinajstić information content (AvgIpc) is 3.20. The Labute approximate surface area is 161 Å². The largest absolute Gasteiger partial charge is 0.416 e. The normalized spacial score (nSPS) is 11.6. The molecule has 3 rings (SSSR count). The van der Waals surface area contributed by atoms with Gasteiger partial charge in [-0.1, -0.05) is 12.1 Å². The van der Waals surface area contributed by atoms with Crippen LogP contribution in [0.3, 0.4) is 0 Å². The van der Waals surface area contributed by atoms with Gasteiger partial charge in [0.2, 0.25) is 5.91 Å². The Kier molecular flexibility index (Phi) is 5.39. The van der Waals surface area contributed by atoms with Crippen LogP contribution in [0.1, 0.15) is 11.1 Å². The Balaban J connectivity index is 1.90. The summed E-state index contributed by atoms with van der Waals surface area (Å²) in [5.41, 5.74) is -0.975. The molecule has 0 aliphatic heterocycles. The molecule has 0 spiro atoms. The summed E-state index contributed by atoms with van der Waals surface area (Å²) in [5, 5.41) is 17.2. The standard InChI is InChI=1S/C18H12F3N5O3/c19-18(20,21)13-6-7-16(25-11-22-10-23-25)14(9-13)24-17(27)8-5-12-3-1-2-4-15(12)26(28)29/h1-11H,(H,24,27)/b8-5+. The third kappa shape index (κ3) is 4.64. The maximum Gasteiger partial charge on any atom is 0.416 e. The summed E-state index contributed by atoms with van der Waals surface area (Å²) in [5.74, 6) is -0.774. The molecule has 8 nitrogen and oxygen atoms in total. The maximum atomic E-state index is 13.0. The van der Waals surface area contributed by atoms with E-state index in [1.54, 1.807) is 6.07 Å². The van der Waals surface area contributed by atoms with Gasteiger partial charge < -0.3 is 5.32 Å². The van der Waals surface area contributed by atoms with Gasteiger partial charge in [-0.25, -0.2) is 9.67 Å². The highest BCUT2D eigenvalue weighted by molar-refractivity contribution is 6.03. The molecule has 0 saturated heterocycles. The van der Waals surface area contributed by atoms with Gasteiger partial charge in [0.15, 0.2) is 0 Å². The first-order valence-electron chi connectivity index (χ1n) is 8.04. The minimum absolute atomic E-state index is 0.150. The smallest absolute Gasteiger partial charge is 0.321 e. The van der Waals surface area contributed by atoms with Crippen molar-refractivity contribution in [2.75, 3.05) is 5.32 Å². The molecule has 1 heterocycles. The van der Waals surface area contributed by atoms with Crippen LogP contribution < -0.4 is 5.32 Å². The van der Waals surface area contributed by atoms with E-state index in [0.29, 0.717) is 0 Å². The number of nitrogens with zero attached hydrogens (tertiary/aromatic N) is 4. The molecule has 0 aliphatic carbocycles. The molecule has 148 valence electrons. The highest BCUT2D eigenvalue weighted by atomic mass is 19.4. The van der Waals surface area contributed by atoms with Crippen molar-refractivity contribution in [1.82, 2.24) is 14.8 Å². The van der Waals surface area contributed by atoms with Crippen LogP contribution in [0.2, 0.25) is 0 Å². The lowest BCUT2D eigenvalue weighted by molar-refractivity contribution is -0.385. The Morgan fingerprint density at radius 1 is 1.21 bits per heavy atom. The summed E-state index contributed by atoms with van der Waals surface area (Å²) in [6.07, 6.45) is 0.0456. The van der Waals surface area contributed by atoms with Crippen molar-refractivity contribution in [1.29, 1.82) is 0 Å². The molecule has 0 atom stereocenters. The van der Waals surface area contributed by atoms with Crippen LogP contribution in [0.5, 0.6) is 0 Å². The number of carbonyl (C=O) groups is 1. The van der Waals surface area contributed by atoms with Crippen LogP contribution in [0, 0.1) is 10.1 Å². The van der Waals surface area contributed by atoms with Gasteiger partial charge >= 0.3 is 6.18 Å². The van der Waals surface area contributed by atoms with Gasteiger partial charge in [-0.3, -0.25) is 14.9 Å². The lowest BCUT2D eigenvalue weighted by atomic mass is 10.1. The number of amides is 1. The molecule has 1 aromatic heterocycles. The minimum Gasteiger partial charge on any atom is -0.321 e. The lowest BCUT2D eigenvalue weighted by Crippen LogP contribution is -2.13.